The summed E-state index contributed by atoms with van der Waals surface area (Å²) in [6.45, 7) is 0. The minimum absolute atomic E-state index is 0.0989. The van der Waals surface area contributed by atoms with Crippen molar-refractivity contribution in [3.63, 3.8) is 0 Å². The number of amidine groups is 1. The van der Waals surface area contributed by atoms with Gasteiger partial charge in [0.2, 0.25) is 0 Å². The van der Waals surface area contributed by atoms with Crippen molar-refractivity contribution in [3.05, 3.63) is 100 Å². The molecule has 7 heteroatoms. The second-order valence-electron chi connectivity index (χ2n) is 6.74. The van der Waals surface area contributed by atoms with Crippen LogP contribution in [0.1, 0.15) is 21.5 Å². The van der Waals surface area contributed by atoms with Gasteiger partial charge in [-0.25, -0.2) is 9.79 Å². The Bertz CT molecular complexity index is 1200. The molecule has 31 heavy (non-hydrogen) atoms. The highest BCUT2D eigenvalue weighted by Gasteiger charge is 2.32. The molecule has 1 aliphatic rings. The second-order valence-corrected chi connectivity index (χ2v) is 7.18. The smallest absolute Gasteiger partial charge is 0.337 e. The highest BCUT2D eigenvalue weighted by molar-refractivity contribution is 6.34. The molecule has 4 rings (SSSR count). The van der Waals surface area contributed by atoms with Gasteiger partial charge in [-0.2, -0.15) is 0 Å². The van der Waals surface area contributed by atoms with Crippen LogP contribution in [0.4, 0.5) is 5.69 Å². The largest absolute Gasteiger partial charge is 0.508 e. The first-order valence-corrected chi connectivity index (χ1v) is 9.72. The maximum Gasteiger partial charge on any atom is 0.337 e. The van der Waals surface area contributed by atoms with Crippen molar-refractivity contribution < 1.29 is 19.4 Å². The van der Waals surface area contributed by atoms with Crippen LogP contribution < -0.4 is 4.90 Å². The van der Waals surface area contributed by atoms with Crippen molar-refractivity contribution in [2.45, 2.75) is 0 Å². The number of hydrogen-bond donors (Lipinski definition) is 1. The number of benzene rings is 3. The van der Waals surface area contributed by atoms with Crippen molar-refractivity contribution in [1.29, 1.82) is 0 Å². The summed E-state index contributed by atoms with van der Waals surface area (Å²) in [5.74, 6) is -0.197. The molecule has 1 N–H and O–H groups in total. The third-order valence-corrected chi connectivity index (χ3v) is 4.96. The van der Waals surface area contributed by atoms with E-state index in [1.165, 1.54) is 24.1 Å². The van der Waals surface area contributed by atoms with Crippen LogP contribution in [0.5, 0.6) is 5.75 Å². The maximum absolute atomic E-state index is 13.2. The number of phenolic OH excluding ortho intramolecular Hbond substituents is 1. The van der Waals surface area contributed by atoms with E-state index in [1.807, 2.05) is 0 Å². The summed E-state index contributed by atoms with van der Waals surface area (Å²) < 4.78 is 4.71. The zero-order valence-corrected chi connectivity index (χ0v) is 17.2. The predicted octanol–water partition coefficient (Wildman–Crippen LogP) is 4.67. The Morgan fingerprint density at radius 3 is 2.26 bits per heavy atom. The fraction of sp³-hybridized carbons (Fsp3) is 0.0417. The number of rotatable bonds is 4. The average molecular weight is 433 g/mol. The third-order valence-electron chi connectivity index (χ3n) is 4.71. The summed E-state index contributed by atoms with van der Waals surface area (Å²) in [6, 6.07) is 20.0. The van der Waals surface area contributed by atoms with Crippen LogP contribution in [0.3, 0.4) is 0 Å². The molecule has 0 unspecified atom stereocenters. The topological polar surface area (TPSA) is 79.2 Å². The fourth-order valence-corrected chi connectivity index (χ4v) is 3.27. The second kappa shape index (κ2) is 8.45. The minimum atomic E-state index is -0.433. The lowest BCUT2D eigenvalue weighted by Crippen LogP contribution is -2.32. The Morgan fingerprint density at radius 2 is 1.65 bits per heavy atom. The van der Waals surface area contributed by atoms with Gasteiger partial charge in [0.15, 0.2) is 0 Å². The number of ether oxygens (including phenoxy) is 1. The van der Waals surface area contributed by atoms with Gasteiger partial charge in [0, 0.05) is 10.6 Å². The van der Waals surface area contributed by atoms with Crippen LogP contribution in [0, 0.1) is 0 Å². The van der Waals surface area contributed by atoms with E-state index in [4.69, 9.17) is 16.3 Å². The van der Waals surface area contributed by atoms with E-state index in [0.29, 0.717) is 27.7 Å². The van der Waals surface area contributed by atoms with E-state index in [-0.39, 0.29) is 17.4 Å². The van der Waals surface area contributed by atoms with Crippen LogP contribution in [0.25, 0.3) is 6.08 Å². The number of anilines is 1. The molecule has 0 atom stereocenters. The van der Waals surface area contributed by atoms with Gasteiger partial charge >= 0.3 is 5.97 Å². The van der Waals surface area contributed by atoms with Crippen molar-refractivity contribution in [2.75, 3.05) is 12.0 Å². The molecule has 3 aromatic carbocycles. The van der Waals surface area contributed by atoms with Crippen LogP contribution in [-0.4, -0.2) is 29.9 Å². The zero-order valence-electron chi connectivity index (χ0n) is 16.4. The number of carbonyl (C=O) groups excluding carboxylic acids is 2. The van der Waals surface area contributed by atoms with Crippen LogP contribution in [-0.2, 0) is 9.53 Å². The fourth-order valence-electron chi connectivity index (χ4n) is 3.14. The lowest BCUT2D eigenvalue weighted by atomic mass is 10.1. The number of esters is 1. The van der Waals surface area contributed by atoms with Gasteiger partial charge in [-0.05, 0) is 72.3 Å². The number of halogens is 1. The summed E-state index contributed by atoms with van der Waals surface area (Å²) in [7, 11) is 1.32. The molecule has 0 saturated heterocycles. The number of phenols is 1. The number of carbonyl (C=O) groups is 2. The molecule has 1 heterocycles. The summed E-state index contributed by atoms with van der Waals surface area (Å²) in [5.41, 5.74) is 2.65. The molecule has 0 fully saturated rings. The number of amides is 1. The highest BCUT2D eigenvalue weighted by Crippen LogP contribution is 2.29. The molecule has 0 aliphatic carbocycles. The van der Waals surface area contributed by atoms with Crippen LogP contribution in [0.15, 0.2) is 83.5 Å². The predicted molar refractivity (Wildman–Crippen MR) is 119 cm³/mol. The molecular weight excluding hydrogens is 416 g/mol. The van der Waals surface area contributed by atoms with E-state index < -0.39 is 5.97 Å². The molecule has 0 saturated carbocycles. The van der Waals surface area contributed by atoms with Crippen molar-refractivity contribution in [2.24, 2.45) is 4.99 Å². The molecule has 1 amide bonds. The van der Waals surface area contributed by atoms with Gasteiger partial charge in [-0.3, -0.25) is 9.69 Å². The van der Waals surface area contributed by atoms with Gasteiger partial charge in [0.05, 0.1) is 18.4 Å². The lowest BCUT2D eigenvalue weighted by Gasteiger charge is -2.18. The first-order valence-electron chi connectivity index (χ1n) is 9.34. The summed E-state index contributed by atoms with van der Waals surface area (Å²) >= 11 is 6.01. The molecule has 154 valence electrons. The van der Waals surface area contributed by atoms with Gasteiger partial charge in [0.1, 0.15) is 17.3 Å². The van der Waals surface area contributed by atoms with Gasteiger partial charge in [0.25, 0.3) is 5.91 Å². The summed E-state index contributed by atoms with van der Waals surface area (Å²) in [4.78, 5) is 30.9. The molecule has 6 nitrogen and oxygen atoms in total. The Labute approximate surface area is 183 Å². The Balaban J connectivity index is 1.75. The van der Waals surface area contributed by atoms with Gasteiger partial charge < -0.3 is 9.84 Å². The van der Waals surface area contributed by atoms with E-state index in [9.17, 15) is 14.7 Å². The summed E-state index contributed by atoms with van der Waals surface area (Å²) in [5, 5.41) is 10.2. The maximum atomic E-state index is 13.2. The molecule has 0 aromatic heterocycles. The van der Waals surface area contributed by atoms with Crippen LogP contribution in [0.2, 0.25) is 5.02 Å². The van der Waals surface area contributed by atoms with Crippen molar-refractivity contribution >= 4 is 41.1 Å². The van der Waals surface area contributed by atoms with Gasteiger partial charge in [-0.1, -0.05) is 23.7 Å². The highest BCUT2D eigenvalue weighted by atomic mass is 35.5. The first kappa shape index (κ1) is 20.4. The number of nitrogens with zero attached hydrogens (tertiary/aromatic N) is 2. The number of hydrogen-bond acceptors (Lipinski definition) is 5. The van der Waals surface area contributed by atoms with Crippen LogP contribution >= 0.6 is 11.6 Å². The number of aromatic hydroxyl groups is 1. The van der Waals surface area contributed by atoms with E-state index >= 15 is 0 Å². The lowest BCUT2D eigenvalue weighted by molar-refractivity contribution is -0.113. The average Bonchev–Trinajstić information content (AvgIpc) is 3.10. The molecule has 1 aliphatic heterocycles. The molecule has 0 bridgehead atoms. The minimum Gasteiger partial charge on any atom is -0.508 e. The molecule has 3 aromatic rings. The third kappa shape index (κ3) is 4.20. The monoisotopic (exact) mass is 432 g/mol. The quantitative estimate of drug-likeness (QED) is 0.480. The standard InChI is InChI=1S/C24H17ClN2O4/c1-31-24(30)17-4-2-15(3-5-17)14-21-23(29)27(19-10-12-20(28)13-11-19)22(26-21)16-6-8-18(25)9-7-16/h2-14,28H,1H3/b21-14-. The molecule has 0 spiro atoms. The SMILES string of the molecule is COC(=O)c1ccc(/C=C2\N=C(c3ccc(Cl)cc3)N(c3ccc(O)cc3)C2=O)cc1. The Hall–Kier alpha value is -3.90. The first-order chi connectivity index (χ1) is 15.0. The van der Waals surface area contributed by atoms with E-state index in [0.717, 1.165) is 5.56 Å². The Morgan fingerprint density at radius 1 is 1.00 bits per heavy atom. The van der Waals surface area contributed by atoms with Gasteiger partial charge in [-0.15, -0.1) is 0 Å². The van der Waals surface area contributed by atoms with Crippen molar-refractivity contribution in [3.8, 4) is 5.75 Å². The van der Waals surface area contributed by atoms with E-state index in [1.54, 1.807) is 66.7 Å². The molecular formula is C24H17ClN2O4. The zero-order chi connectivity index (χ0) is 22.0. The number of aliphatic imine (C=N–C) groups is 1. The van der Waals surface area contributed by atoms with Crippen molar-refractivity contribution in [1.82, 2.24) is 0 Å². The summed E-state index contributed by atoms with van der Waals surface area (Å²) in [6.07, 6.45) is 1.65. The van der Waals surface area contributed by atoms with E-state index in [2.05, 4.69) is 4.99 Å². The molecule has 0 radical (unpaired) electrons. The number of methoxy groups -OCH3 is 1. The Kier molecular flexibility index (Phi) is 5.56. The normalized spacial score (nSPS) is 14.6.